The normalized spacial score (nSPS) is 53.9. The van der Waals surface area contributed by atoms with Crippen molar-refractivity contribution in [2.45, 2.75) is 63.8 Å². The van der Waals surface area contributed by atoms with Gasteiger partial charge < -0.3 is 5.73 Å². The maximum atomic E-state index is 13.0. The largest absolute Gasteiger partial charge is 0.328 e. The Morgan fingerprint density at radius 2 is 1.44 bits per heavy atom. The summed E-state index contributed by atoms with van der Waals surface area (Å²) in [5.74, 6) is 3.60. The molecule has 2 N–H and O–H groups in total. The van der Waals surface area contributed by atoms with E-state index in [1.165, 1.54) is 38.5 Å². The zero-order valence-corrected chi connectivity index (χ0v) is 11.2. The zero-order chi connectivity index (χ0) is 12.3. The van der Waals surface area contributed by atoms with Crippen LogP contribution in [0.15, 0.2) is 0 Å². The van der Waals surface area contributed by atoms with Gasteiger partial charge in [-0.1, -0.05) is 0 Å². The molecule has 0 amide bonds. The molecule has 0 heterocycles. The second-order valence-corrected chi connectivity index (χ2v) is 7.83. The van der Waals surface area contributed by atoms with Gasteiger partial charge in [0.25, 0.3) is 0 Å². The third-order valence-electron chi connectivity index (χ3n) is 6.40. The van der Waals surface area contributed by atoms with Gasteiger partial charge in [0.15, 0.2) is 0 Å². The summed E-state index contributed by atoms with van der Waals surface area (Å²) < 4.78 is 0. The molecule has 18 heavy (non-hydrogen) atoms. The third-order valence-corrected chi connectivity index (χ3v) is 6.40. The summed E-state index contributed by atoms with van der Waals surface area (Å²) in [6.07, 6.45) is 11.1. The first-order chi connectivity index (χ1) is 8.64. The molecular formula is C16H25NO. The van der Waals surface area contributed by atoms with Crippen LogP contribution in [0, 0.1) is 29.1 Å². The molecule has 2 heteroatoms. The van der Waals surface area contributed by atoms with E-state index in [4.69, 9.17) is 5.73 Å². The Morgan fingerprint density at radius 1 is 0.889 bits per heavy atom. The van der Waals surface area contributed by atoms with E-state index in [1.807, 2.05) is 0 Å². The zero-order valence-electron chi connectivity index (χ0n) is 11.2. The first kappa shape index (κ1) is 11.5. The van der Waals surface area contributed by atoms with Crippen LogP contribution in [0.5, 0.6) is 0 Å². The van der Waals surface area contributed by atoms with Gasteiger partial charge in [0.05, 0.1) is 0 Å². The summed E-state index contributed by atoms with van der Waals surface area (Å²) in [6, 6.07) is 0.299. The topological polar surface area (TPSA) is 43.1 Å². The van der Waals surface area contributed by atoms with Crippen molar-refractivity contribution >= 4 is 5.78 Å². The van der Waals surface area contributed by atoms with Crippen molar-refractivity contribution in [3.05, 3.63) is 0 Å². The minimum absolute atomic E-state index is 0.115. The molecule has 0 aromatic rings. The van der Waals surface area contributed by atoms with Gasteiger partial charge in [0.1, 0.15) is 5.78 Å². The van der Waals surface area contributed by atoms with Crippen molar-refractivity contribution in [2.24, 2.45) is 34.8 Å². The molecule has 2 unspecified atom stereocenters. The lowest BCUT2D eigenvalue weighted by atomic mass is 9.47. The summed E-state index contributed by atoms with van der Waals surface area (Å²) in [4.78, 5) is 13.0. The van der Waals surface area contributed by atoms with E-state index in [0.717, 1.165) is 37.0 Å². The Balaban J connectivity index is 1.58. The van der Waals surface area contributed by atoms with Crippen molar-refractivity contribution in [3.8, 4) is 0 Å². The van der Waals surface area contributed by atoms with Crippen molar-refractivity contribution in [1.29, 1.82) is 0 Å². The van der Waals surface area contributed by atoms with Crippen molar-refractivity contribution in [1.82, 2.24) is 0 Å². The minimum atomic E-state index is 0.115. The standard InChI is InChI=1S/C16H25NO/c17-14-2-1-13(6-14)15(18)16-7-10-3-11(8-16)5-12(4-10)9-16/h10-14H,1-9,17H2. The van der Waals surface area contributed by atoms with E-state index < -0.39 is 0 Å². The molecule has 0 spiro atoms. The van der Waals surface area contributed by atoms with Gasteiger partial charge in [-0.05, 0) is 75.5 Å². The fraction of sp³-hybridized carbons (Fsp3) is 0.938. The predicted molar refractivity (Wildman–Crippen MR) is 70.9 cm³/mol. The maximum Gasteiger partial charge on any atom is 0.142 e. The van der Waals surface area contributed by atoms with E-state index >= 15 is 0 Å². The van der Waals surface area contributed by atoms with Crippen LogP contribution in [-0.2, 0) is 4.79 Å². The van der Waals surface area contributed by atoms with E-state index in [1.54, 1.807) is 0 Å². The molecule has 100 valence electrons. The summed E-state index contributed by atoms with van der Waals surface area (Å²) in [7, 11) is 0. The molecule has 0 aliphatic heterocycles. The summed E-state index contributed by atoms with van der Waals surface area (Å²) in [5.41, 5.74) is 6.12. The van der Waals surface area contributed by atoms with E-state index in [9.17, 15) is 4.79 Å². The SMILES string of the molecule is NC1CCC(C(=O)C23CC4CC(CC(C4)C2)C3)C1. The Hall–Kier alpha value is -0.370. The van der Waals surface area contributed by atoms with Gasteiger partial charge in [-0.3, -0.25) is 4.79 Å². The Bertz CT molecular complexity index is 340. The van der Waals surface area contributed by atoms with Crippen LogP contribution < -0.4 is 5.73 Å². The van der Waals surface area contributed by atoms with Gasteiger partial charge in [0.2, 0.25) is 0 Å². The van der Waals surface area contributed by atoms with Gasteiger partial charge in [-0.15, -0.1) is 0 Å². The maximum absolute atomic E-state index is 13.0. The fourth-order valence-corrected chi connectivity index (χ4v) is 6.10. The number of rotatable bonds is 2. The monoisotopic (exact) mass is 247 g/mol. The van der Waals surface area contributed by atoms with Crippen molar-refractivity contribution in [3.63, 3.8) is 0 Å². The number of nitrogens with two attached hydrogens (primary N) is 1. The lowest BCUT2D eigenvalue weighted by molar-refractivity contribution is -0.148. The fourth-order valence-electron chi connectivity index (χ4n) is 6.10. The molecule has 2 atom stereocenters. The average molecular weight is 247 g/mol. The second kappa shape index (κ2) is 3.82. The van der Waals surface area contributed by atoms with Gasteiger partial charge in [-0.2, -0.15) is 0 Å². The minimum Gasteiger partial charge on any atom is -0.328 e. The molecule has 5 saturated carbocycles. The van der Waals surface area contributed by atoms with Crippen LogP contribution in [0.3, 0.4) is 0 Å². The van der Waals surface area contributed by atoms with Crippen LogP contribution in [0.25, 0.3) is 0 Å². The number of carbonyl (C=O) groups excluding carboxylic acids is 1. The van der Waals surface area contributed by atoms with E-state index in [2.05, 4.69) is 0 Å². The second-order valence-electron chi connectivity index (χ2n) is 7.83. The van der Waals surface area contributed by atoms with E-state index in [-0.39, 0.29) is 5.41 Å². The molecule has 0 aromatic carbocycles. The lowest BCUT2D eigenvalue weighted by Gasteiger charge is -2.56. The summed E-state index contributed by atoms with van der Waals surface area (Å²) >= 11 is 0. The highest BCUT2D eigenvalue weighted by molar-refractivity contribution is 5.87. The van der Waals surface area contributed by atoms with Crippen molar-refractivity contribution < 1.29 is 4.79 Å². The highest BCUT2D eigenvalue weighted by Crippen LogP contribution is 2.61. The number of hydrogen-bond donors (Lipinski definition) is 1. The molecule has 5 rings (SSSR count). The number of Topliss-reactive ketones (excluding diaryl/α,β-unsaturated/α-hetero) is 1. The summed E-state index contributed by atoms with van der Waals surface area (Å²) in [6.45, 7) is 0. The van der Waals surface area contributed by atoms with E-state index in [0.29, 0.717) is 17.7 Å². The van der Waals surface area contributed by atoms with Crippen LogP contribution in [-0.4, -0.2) is 11.8 Å². The first-order valence-corrected chi connectivity index (χ1v) is 7.94. The number of ketones is 1. The lowest BCUT2D eigenvalue weighted by Crippen LogP contribution is -2.51. The molecule has 4 bridgehead atoms. The molecule has 0 aromatic heterocycles. The molecule has 0 radical (unpaired) electrons. The number of hydrogen-bond acceptors (Lipinski definition) is 2. The molecular weight excluding hydrogens is 222 g/mol. The molecule has 2 nitrogen and oxygen atoms in total. The third kappa shape index (κ3) is 1.61. The Kier molecular flexibility index (Phi) is 2.43. The van der Waals surface area contributed by atoms with Crippen LogP contribution in [0.2, 0.25) is 0 Å². The van der Waals surface area contributed by atoms with Gasteiger partial charge in [-0.25, -0.2) is 0 Å². The molecule has 5 fully saturated rings. The summed E-state index contributed by atoms with van der Waals surface area (Å²) in [5, 5.41) is 0. The molecule has 0 saturated heterocycles. The van der Waals surface area contributed by atoms with Crippen LogP contribution in [0.1, 0.15) is 57.8 Å². The Labute approximate surface area is 110 Å². The number of carbonyl (C=O) groups is 1. The van der Waals surface area contributed by atoms with Crippen LogP contribution in [0.4, 0.5) is 0 Å². The quantitative estimate of drug-likeness (QED) is 0.815. The molecule has 5 aliphatic carbocycles. The highest BCUT2D eigenvalue weighted by atomic mass is 16.1. The average Bonchev–Trinajstić information content (AvgIpc) is 2.73. The van der Waals surface area contributed by atoms with Gasteiger partial charge >= 0.3 is 0 Å². The molecule has 5 aliphatic rings. The first-order valence-electron chi connectivity index (χ1n) is 7.94. The van der Waals surface area contributed by atoms with Crippen LogP contribution >= 0.6 is 0 Å². The predicted octanol–water partition coefficient (Wildman–Crippen LogP) is 2.90. The highest BCUT2D eigenvalue weighted by Gasteiger charge is 2.55. The smallest absolute Gasteiger partial charge is 0.142 e. The van der Waals surface area contributed by atoms with Gasteiger partial charge in [0, 0.05) is 17.4 Å². The Morgan fingerprint density at radius 3 is 1.89 bits per heavy atom. The van der Waals surface area contributed by atoms with Crippen molar-refractivity contribution in [2.75, 3.05) is 0 Å².